The zero-order valence-corrected chi connectivity index (χ0v) is 13.8. The number of benzene rings is 1. The molecule has 23 heavy (non-hydrogen) atoms. The Hall–Kier alpha value is -2.08. The SMILES string of the molecule is CC(C)=C1C(=O)N(c2cc(OC3CC3)c(Cl)cc2F)C(=O)N1C. The van der Waals surface area contributed by atoms with Crippen molar-refractivity contribution in [1.82, 2.24) is 4.90 Å². The normalized spacial score (nSPS) is 18.0. The summed E-state index contributed by atoms with van der Waals surface area (Å²) < 4.78 is 19.9. The summed E-state index contributed by atoms with van der Waals surface area (Å²) in [6, 6.07) is 1.77. The van der Waals surface area contributed by atoms with Crippen molar-refractivity contribution < 1.29 is 18.7 Å². The fraction of sp³-hybridized carbons (Fsp3) is 0.375. The van der Waals surface area contributed by atoms with E-state index in [-0.39, 0.29) is 28.3 Å². The van der Waals surface area contributed by atoms with Crippen LogP contribution < -0.4 is 9.64 Å². The summed E-state index contributed by atoms with van der Waals surface area (Å²) in [7, 11) is 1.48. The summed E-state index contributed by atoms with van der Waals surface area (Å²) in [5.74, 6) is -1.03. The lowest BCUT2D eigenvalue weighted by molar-refractivity contribution is -0.114. The highest BCUT2D eigenvalue weighted by atomic mass is 35.5. The largest absolute Gasteiger partial charge is 0.489 e. The van der Waals surface area contributed by atoms with Crippen molar-refractivity contribution in [2.45, 2.75) is 32.8 Å². The predicted molar refractivity (Wildman–Crippen MR) is 84.1 cm³/mol. The average Bonchev–Trinajstić information content (AvgIpc) is 3.23. The number of allylic oxidation sites excluding steroid dienone is 1. The zero-order chi connectivity index (χ0) is 16.9. The summed E-state index contributed by atoms with van der Waals surface area (Å²) in [5.41, 5.74) is 0.773. The summed E-state index contributed by atoms with van der Waals surface area (Å²) in [4.78, 5) is 26.9. The summed E-state index contributed by atoms with van der Waals surface area (Å²) in [6.07, 6.45) is 1.89. The van der Waals surface area contributed by atoms with E-state index in [1.807, 2.05) is 0 Å². The van der Waals surface area contributed by atoms with Gasteiger partial charge in [-0.15, -0.1) is 0 Å². The summed E-state index contributed by atoms with van der Waals surface area (Å²) in [5, 5.41) is 0.119. The number of rotatable bonds is 3. The number of amides is 3. The second-order valence-corrected chi connectivity index (χ2v) is 6.29. The highest BCUT2D eigenvalue weighted by molar-refractivity contribution is 6.32. The first-order valence-corrected chi connectivity index (χ1v) is 7.64. The second kappa shape index (κ2) is 5.53. The van der Waals surface area contributed by atoms with Crippen LogP contribution in [0.15, 0.2) is 23.4 Å². The van der Waals surface area contributed by atoms with E-state index in [0.29, 0.717) is 5.57 Å². The van der Waals surface area contributed by atoms with Crippen LogP contribution in [0.1, 0.15) is 26.7 Å². The molecule has 0 atom stereocenters. The molecule has 2 aliphatic rings. The smallest absolute Gasteiger partial charge is 0.336 e. The molecule has 1 saturated heterocycles. The van der Waals surface area contributed by atoms with Crippen LogP contribution in [-0.2, 0) is 4.79 Å². The molecule has 1 heterocycles. The molecular weight excluding hydrogens is 323 g/mol. The number of carbonyl (C=O) groups is 2. The van der Waals surface area contributed by atoms with E-state index >= 15 is 0 Å². The Morgan fingerprint density at radius 1 is 1.30 bits per heavy atom. The molecule has 1 aliphatic carbocycles. The molecule has 0 radical (unpaired) electrons. The molecule has 0 bridgehead atoms. The Balaban J connectivity index is 2.05. The van der Waals surface area contributed by atoms with Gasteiger partial charge in [-0.1, -0.05) is 11.6 Å². The van der Waals surface area contributed by atoms with Gasteiger partial charge in [0.05, 0.1) is 16.8 Å². The Labute approximate surface area is 138 Å². The first kappa shape index (κ1) is 15.8. The zero-order valence-electron chi connectivity index (χ0n) is 13.0. The van der Waals surface area contributed by atoms with E-state index in [4.69, 9.17) is 16.3 Å². The number of urea groups is 1. The maximum atomic E-state index is 14.3. The van der Waals surface area contributed by atoms with Crippen LogP contribution >= 0.6 is 11.6 Å². The topological polar surface area (TPSA) is 49.9 Å². The fourth-order valence-corrected chi connectivity index (χ4v) is 2.68. The minimum atomic E-state index is -0.747. The lowest BCUT2D eigenvalue weighted by atomic mass is 10.2. The molecule has 1 aromatic carbocycles. The number of halogens is 2. The van der Waals surface area contributed by atoms with Crippen molar-refractivity contribution in [3.8, 4) is 5.75 Å². The van der Waals surface area contributed by atoms with E-state index in [1.54, 1.807) is 13.8 Å². The Morgan fingerprint density at radius 2 is 1.96 bits per heavy atom. The molecule has 1 aliphatic heterocycles. The molecule has 3 rings (SSSR count). The average molecular weight is 339 g/mol. The Morgan fingerprint density at radius 3 is 2.48 bits per heavy atom. The monoisotopic (exact) mass is 338 g/mol. The molecule has 0 aromatic heterocycles. The standard InChI is InChI=1S/C16H16ClFN2O3/c1-8(2)14-15(21)20(16(22)19(14)3)12-7-13(23-9-4-5-9)10(17)6-11(12)18/h6-7,9H,4-5H2,1-3H3. The highest BCUT2D eigenvalue weighted by Gasteiger charge is 2.42. The van der Waals surface area contributed by atoms with Crippen molar-refractivity contribution in [3.63, 3.8) is 0 Å². The van der Waals surface area contributed by atoms with Crippen molar-refractivity contribution in [3.05, 3.63) is 34.2 Å². The molecule has 2 fully saturated rings. The van der Waals surface area contributed by atoms with Crippen LogP contribution in [0.5, 0.6) is 5.75 Å². The van der Waals surface area contributed by atoms with Gasteiger partial charge in [0, 0.05) is 13.1 Å². The van der Waals surface area contributed by atoms with Gasteiger partial charge in [0.15, 0.2) is 0 Å². The Bertz CT molecular complexity index is 739. The van der Waals surface area contributed by atoms with Crippen LogP contribution in [0.25, 0.3) is 0 Å². The quantitative estimate of drug-likeness (QED) is 0.623. The molecule has 122 valence electrons. The third-order valence-corrected chi connectivity index (χ3v) is 4.05. The molecule has 1 aromatic rings. The van der Waals surface area contributed by atoms with Gasteiger partial charge in [-0.3, -0.25) is 9.69 Å². The molecule has 0 spiro atoms. The first-order chi connectivity index (χ1) is 10.8. The van der Waals surface area contributed by atoms with Crippen LogP contribution in [0, 0.1) is 5.82 Å². The predicted octanol–water partition coefficient (Wildman–Crippen LogP) is 3.71. The van der Waals surface area contributed by atoms with E-state index in [9.17, 15) is 14.0 Å². The van der Waals surface area contributed by atoms with E-state index in [0.717, 1.165) is 23.8 Å². The third-order valence-electron chi connectivity index (χ3n) is 3.75. The maximum Gasteiger partial charge on any atom is 0.336 e. The number of likely N-dealkylation sites (N-methyl/N-ethyl adjacent to an activating group) is 1. The fourth-order valence-electron chi connectivity index (χ4n) is 2.49. The van der Waals surface area contributed by atoms with E-state index in [1.165, 1.54) is 18.0 Å². The van der Waals surface area contributed by atoms with Crippen LogP contribution in [0.2, 0.25) is 5.02 Å². The Kier molecular flexibility index (Phi) is 3.80. The lowest BCUT2D eigenvalue weighted by Gasteiger charge is -2.16. The van der Waals surface area contributed by atoms with Crippen LogP contribution in [-0.4, -0.2) is 30.0 Å². The number of hydrogen-bond donors (Lipinski definition) is 0. The van der Waals surface area contributed by atoms with Gasteiger partial charge in [-0.2, -0.15) is 0 Å². The highest BCUT2D eigenvalue weighted by Crippen LogP contribution is 2.38. The van der Waals surface area contributed by atoms with E-state index < -0.39 is 17.8 Å². The minimum absolute atomic E-state index is 0.0619. The van der Waals surface area contributed by atoms with Crippen molar-refractivity contribution in [1.29, 1.82) is 0 Å². The number of ether oxygens (including phenoxy) is 1. The number of imide groups is 1. The molecule has 0 unspecified atom stereocenters. The van der Waals surface area contributed by atoms with Crippen molar-refractivity contribution in [2.75, 3.05) is 11.9 Å². The van der Waals surface area contributed by atoms with Gasteiger partial charge >= 0.3 is 6.03 Å². The maximum absolute atomic E-state index is 14.3. The summed E-state index contributed by atoms with van der Waals surface area (Å²) >= 11 is 5.99. The molecule has 0 N–H and O–H groups in total. The summed E-state index contributed by atoms with van der Waals surface area (Å²) in [6.45, 7) is 3.45. The van der Waals surface area contributed by atoms with Gasteiger partial charge < -0.3 is 4.74 Å². The first-order valence-electron chi connectivity index (χ1n) is 7.26. The second-order valence-electron chi connectivity index (χ2n) is 5.88. The molecule has 5 nitrogen and oxygen atoms in total. The molecule has 3 amide bonds. The van der Waals surface area contributed by atoms with Crippen LogP contribution in [0.4, 0.5) is 14.9 Å². The van der Waals surface area contributed by atoms with Gasteiger partial charge in [-0.25, -0.2) is 14.1 Å². The van der Waals surface area contributed by atoms with Gasteiger partial charge in [0.1, 0.15) is 17.3 Å². The lowest BCUT2D eigenvalue weighted by Crippen LogP contribution is -2.32. The number of nitrogens with zero attached hydrogens (tertiary/aromatic N) is 2. The van der Waals surface area contributed by atoms with Crippen molar-refractivity contribution in [2.24, 2.45) is 0 Å². The number of hydrogen-bond acceptors (Lipinski definition) is 3. The molecular formula is C16H16ClFN2O3. The van der Waals surface area contributed by atoms with Crippen LogP contribution in [0.3, 0.4) is 0 Å². The van der Waals surface area contributed by atoms with Gasteiger partial charge in [0.25, 0.3) is 5.91 Å². The van der Waals surface area contributed by atoms with Gasteiger partial charge in [0.2, 0.25) is 0 Å². The van der Waals surface area contributed by atoms with Gasteiger partial charge in [-0.05, 0) is 38.3 Å². The number of carbonyl (C=O) groups excluding carboxylic acids is 2. The number of anilines is 1. The molecule has 7 heteroatoms. The van der Waals surface area contributed by atoms with Crippen molar-refractivity contribution >= 4 is 29.2 Å². The molecule has 1 saturated carbocycles. The van der Waals surface area contributed by atoms with E-state index in [2.05, 4.69) is 0 Å². The minimum Gasteiger partial charge on any atom is -0.489 e. The third kappa shape index (κ3) is 2.67.